The molecule has 0 aliphatic carbocycles. The van der Waals surface area contributed by atoms with E-state index in [1.165, 1.54) is 19.2 Å². The van der Waals surface area contributed by atoms with Gasteiger partial charge in [0.05, 0.1) is 17.8 Å². The van der Waals surface area contributed by atoms with Gasteiger partial charge in [0.1, 0.15) is 11.5 Å². The molecule has 0 atom stereocenters. The molecule has 0 saturated carbocycles. The summed E-state index contributed by atoms with van der Waals surface area (Å²) in [6.07, 6.45) is -0.282. The quantitative estimate of drug-likeness (QED) is 0.641. The second-order valence-corrected chi connectivity index (χ2v) is 8.05. The van der Waals surface area contributed by atoms with Crippen LogP contribution in [0.2, 0.25) is 0 Å². The Morgan fingerprint density at radius 2 is 1.46 bits per heavy atom. The van der Waals surface area contributed by atoms with Crippen molar-refractivity contribution >= 4 is 21.7 Å². The molecule has 0 heterocycles. The molecule has 2 aromatic carbocycles. The number of carbonyl (C=O) groups is 2. The monoisotopic (exact) mass is 406 g/mol. The summed E-state index contributed by atoms with van der Waals surface area (Å²) in [6.45, 7) is 1.54. The minimum absolute atomic E-state index is 0.155. The van der Waals surface area contributed by atoms with Gasteiger partial charge in [0.25, 0.3) is 5.91 Å². The Kier molecular flexibility index (Phi) is 7.39. The standard InChI is InChI=1S/C19H22N2O6S/c1-14-3-9-17(10-4-14)28(24,25)12-11-18(22)20-21-19(23)13-27-16-7-5-15(26-2)6-8-16/h3-10H,11-13H2,1-2H3,(H,20,22)(H,21,23). The molecule has 0 aliphatic heterocycles. The average Bonchev–Trinajstić information content (AvgIpc) is 2.70. The van der Waals surface area contributed by atoms with Crippen LogP contribution in [0.1, 0.15) is 12.0 Å². The SMILES string of the molecule is COc1ccc(OCC(=O)NNC(=O)CCS(=O)(=O)c2ccc(C)cc2)cc1. The lowest BCUT2D eigenvalue weighted by Gasteiger charge is -2.09. The van der Waals surface area contributed by atoms with Gasteiger partial charge in [-0.3, -0.25) is 20.4 Å². The third-order valence-corrected chi connectivity index (χ3v) is 5.48. The molecule has 0 spiro atoms. The number of amides is 2. The lowest BCUT2D eigenvalue weighted by Crippen LogP contribution is -2.44. The summed E-state index contributed by atoms with van der Waals surface area (Å²) >= 11 is 0. The molecule has 9 heteroatoms. The molecule has 2 aromatic rings. The largest absolute Gasteiger partial charge is 0.497 e. The summed E-state index contributed by atoms with van der Waals surface area (Å²) in [5.74, 6) is -0.435. The van der Waals surface area contributed by atoms with Crippen LogP contribution in [0, 0.1) is 6.92 Å². The third kappa shape index (κ3) is 6.58. The van der Waals surface area contributed by atoms with Crippen molar-refractivity contribution in [2.45, 2.75) is 18.2 Å². The molecule has 28 heavy (non-hydrogen) atoms. The van der Waals surface area contributed by atoms with Crippen LogP contribution in [0.15, 0.2) is 53.4 Å². The fourth-order valence-electron chi connectivity index (χ4n) is 2.15. The first-order valence-corrected chi connectivity index (χ1v) is 10.1. The lowest BCUT2D eigenvalue weighted by molar-refractivity contribution is -0.129. The third-order valence-electron chi connectivity index (χ3n) is 3.75. The van der Waals surface area contributed by atoms with E-state index in [1.54, 1.807) is 36.4 Å². The maximum Gasteiger partial charge on any atom is 0.276 e. The number of nitrogens with one attached hydrogen (secondary N) is 2. The number of ether oxygens (including phenoxy) is 2. The van der Waals surface area contributed by atoms with Crippen molar-refractivity contribution in [1.29, 1.82) is 0 Å². The van der Waals surface area contributed by atoms with Crippen molar-refractivity contribution in [2.75, 3.05) is 19.5 Å². The van der Waals surface area contributed by atoms with Gasteiger partial charge in [-0.1, -0.05) is 17.7 Å². The Morgan fingerprint density at radius 3 is 2.07 bits per heavy atom. The van der Waals surface area contributed by atoms with Crippen molar-refractivity contribution in [3.8, 4) is 11.5 Å². The van der Waals surface area contributed by atoms with Crippen LogP contribution in [0.3, 0.4) is 0 Å². The van der Waals surface area contributed by atoms with Crippen LogP contribution >= 0.6 is 0 Å². The number of sulfone groups is 1. The van der Waals surface area contributed by atoms with Gasteiger partial charge in [-0.25, -0.2) is 8.42 Å². The number of hydrogen-bond donors (Lipinski definition) is 2. The highest BCUT2D eigenvalue weighted by Crippen LogP contribution is 2.16. The maximum atomic E-state index is 12.2. The number of hydrazine groups is 1. The fraction of sp³-hybridized carbons (Fsp3) is 0.263. The summed E-state index contributed by atoms with van der Waals surface area (Å²) in [5, 5.41) is 0. The predicted molar refractivity (Wildman–Crippen MR) is 103 cm³/mol. The van der Waals surface area contributed by atoms with E-state index in [2.05, 4.69) is 10.9 Å². The molecule has 0 aliphatic rings. The minimum atomic E-state index is -3.57. The predicted octanol–water partition coefficient (Wildman–Crippen LogP) is 1.39. The van der Waals surface area contributed by atoms with Crippen molar-refractivity contribution < 1.29 is 27.5 Å². The van der Waals surface area contributed by atoms with E-state index < -0.39 is 21.7 Å². The molecule has 0 radical (unpaired) electrons. The molecule has 2 rings (SSSR count). The van der Waals surface area contributed by atoms with Crippen LogP contribution in [0.5, 0.6) is 11.5 Å². The molecule has 0 fully saturated rings. The van der Waals surface area contributed by atoms with E-state index in [0.29, 0.717) is 11.5 Å². The van der Waals surface area contributed by atoms with E-state index in [4.69, 9.17) is 9.47 Å². The first-order chi connectivity index (χ1) is 13.3. The van der Waals surface area contributed by atoms with Crippen LogP contribution < -0.4 is 20.3 Å². The number of carbonyl (C=O) groups excluding carboxylic acids is 2. The first kappa shape index (κ1) is 21.2. The molecular formula is C19H22N2O6S. The molecule has 8 nitrogen and oxygen atoms in total. The molecule has 2 N–H and O–H groups in total. The maximum absolute atomic E-state index is 12.2. The summed E-state index contributed by atoms with van der Waals surface area (Å²) < 4.78 is 34.7. The number of aryl methyl sites for hydroxylation is 1. The zero-order chi connectivity index (χ0) is 20.6. The summed E-state index contributed by atoms with van der Waals surface area (Å²) in [6, 6.07) is 13.0. The Balaban J connectivity index is 1.72. The second-order valence-electron chi connectivity index (χ2n) is 5.94. The number of rotatable bonds is 8. The highest BCUT2D eigenvalue weighted by Gasteiger charge is 2.16. The molecule has 0 unspecified atom stereocenters. The number of hydrogen-bond acceptors (Lipinski definition) is 6. The molecule has 2 amide bonds. The van der Waals surface area contributed by atoms with Crippen LogP contribution in [0.4, 0.5) is 0 Å². The Hall–Kier alpha value is -3.07. The van der Waals surface area contributed by atoms with Gasteiger partial charge in [-0.15, -0.1) is 0 Å². The highest BCUT2D eigenvalue weighted by molar-refractivity contribution is 7.91. The Labute approximate surface area is 163 Å². The molecule has 0 aromatic heterocycles. The summed E-state index contributed by atoms with van der Waals surface area (Å²) in [4.78, 5) is 23.6. The zero-order valence-electron chi connectivity index (χ0n) is 15.6. The smallest absolute Gasteiger partial charge is 0.276 e. The summed E-state index contributed by atoms with van der Waals surface area (Å²) in [7, 11) is -2.03. The lowest BCUT2D eigenvalue weighted by atomic mass is 10.2. The van der Waals surface area contributed by atoms with Crippen molar-refractivity contribution in [3.63, 3.8) is 0 Å². The molecule has 0 saturated heterocycles. The zero-order valence-corrected chi connectivity index (χ0v) is 16.4. The van der Waals surface area contributed by atoms with E-state index in [0.717, 1.165) is 5.56 Å². The molecule has 150 valence electrons. The van der Waals surface area contributed by atoms with E-state index in [-0.39, 0.29) is 23.7 Å². The van der Waals surface area contributed by atoms with Gasteiger partial charge < -0.3 is 9.47 Å². The van der Waals surface area contributed by atoms with Gasteiger partial charge >= 0.3 is 0 Å². The van der Waals surface area contributed by atoms with Crippen molar-refractivity contribution in [3.05, 3.63) is 54.1 Å². The van der Waals surface area contributed by atoms with Gasteiger partial charge in [0.15, 0.2) is 16.4 Å². The van der Waals surface area contributed by atoms with Crippen molar-refractivity contribution in [1.82, 2.24) is 10.9 Å². The topological polar surface area (TPSA) is 111 Å². The van der Waals surface area contributed by atoms with E-state index in [1.807, 2.05) is 6.92 Å². The summed E-state index contributed by atoms with van der Waals surface area (Å²) in [5.41, 5.74) is 5.28. The average molecular weight is 406 g/mol. The van der Waals surface area contributed by atoms with Gasteiger partial charge in [-0.2, -0.15) is 0 Å². The normalized spacial score (nSPS) is 10.8. The molecular weight excluding hydrogens is 384 g/mol. The van der Waals surface area contributed by atoms with Crippen LogP contribution in [-0.4, -0.2) is 39.7 Å². The van der Waals surface area contributed by atoms with Gasteiger partial charge in [0.2, 0.25) is 5.91 Å². The van der Waals surface area contributed by atoms with Gasteiger partial charge in [0, 0.05) is 6.42 Å². The van der Waals surface area contributed by atoms with E-state index >= 15 is 0 Å². The van der Waals surface area contributed by atoms with Gasteiger partial charge in [-0.05, 0) is 43.3 Å². The highest BCUT2D eigenvalue weighted by atomic mass is 32.2. The van der Waals surface area contributed by atoms with Crippen molar-refractivity contribution in [2.24, 2.45) is 0 Å². The van der Waals surface area contributed by atoms with Crippen LogP contribution in [0.25, 0.3) is 0 Å². The Morgan fingerprint density at radius 1 is 0.893 bits per heavy atom. The first-order valence-electron chi connectivity index (χ1n) is 8.44. The van der Waals surface area contributed by atoms with E-state index in [9.17, 15) is 18.0 Å². The second kappa shape index (κ2) is 9.75. The Bertz CT molecular complexity index is 908. The number of methoxy groups -OCH3 is 1. The fourth-order valence-corrected chi connectivity index (χ4v) is 3.39. The number of benzene rings is 2. The molecule has 0 bridgehead atoms. The minimum Gasteiger partial charge on any atom is -0.497 e. The van der Waals surface area contributed by atoms with Crippen LogP contribution in [-0.2, 0) is 19.4 Å².